The first-order valence-electron chi connectivity index (χ1n) is 15.7. The third-order valence-electron chi connectivity index (χ3n) is 8.14. The molecule has 0 saturated carbocycles. The molecule has 2 N–H and O–H groups in total. The van der Waals surface area contributed by atoms with E-state index in [0.717, 1.165) is 25.8 Å². The number of nitrogens with one attached hydrogen (secondary N) is 1. The summed E-state index contributed by atoms with van der Waals surface area (Å²) < 4.78 is 41.5. The molecule has 9 nitrogen and oxygen atoms in total. The Morgan fingerprint density at radius 2 is 1.71 bits per heavy atom. The third kappa shape index (κ3) is 9.77. The summed E-state index contributed by atoms with van der Waals surface area (Å²) in [6.07, 6.45) is 2.21. The minimum Gasteiger partial charge on any atom is -0.490 e. The molecule has 1 aliphatic rings. The van der Waals surface area contributed by atoms with Crippen molar-refractivity contribution in [3.8, 4) is 5.75 Å². The lowest BCUT2D eigenvalue weighted by Gasteiger charge is -2.36. The zero-order valence-electron chi connectivity index (χ0n) is 26.8. The van der Waals surface area contributed by atoms with Gasteiger partial charge in [0.1, 0.15) is 5.75 Å². The van der Waals surface area contributed by atoms with Crippen LogP contribution in [0.25, 0.3) is 0 Å². The van der Waals surface area contributed by atoms with Gasteiger partial charge in [-0.1, -0.05) is 55.5 Å². The van der Waals surface area contributed by atoms with E-state index in [0.29, 0.717) is 25.4 Å². The number of benzene rings is 3. The van der Waals surface area contributed by atoms with Crippen LogP contribution < -0.4 is 9.46 Å². The number of sulfonamides is 1. The Hall–Kier alpha value is -3.44. The van der Waals surface area contributed by atoms with Crippen LogP contribution in [-0.4, -0.2) is 80.8 Å². The van der Waals surface area contributed by atoms with Crippen molar-refractivity contribution in [1.82, 2.24) is 9.80 Å². The first-order valence-corrected chi connectivity index (χ1v) is 17.2. The molecule has 0 radical (unpaired) electrons. The normalized spacial score (nSPS) is 21.0. The molecule has 0 aromatic heterocycles. The maximum atomic E-state index is 14.3. The lowest BCUT2D eigenvalue weighted by Crippen LogP contribution is -2.47. The molecular weight excluding hydrogens is 590 g/mol. The van der Waals surface area contributed by atoms with Crippen LogP contribution in [0.15, 0.2) is 83.8 Å². The summed E-state index contributed by atoms with van der Waals surface area (Å²) in [6.45, 7) is 7.98. The van der Waals surface area contributed by atoms with Crippen molar-refractivity contribution in [3.63, 3.8) is 0 Å². The van der Waals surface area contributed by atoms with Gasteiger partial charge in [0.25, 0.3) is 15.9 Å². The fraction of sp³-hybridized carbons (Fsp3) is 0.457. The van der Waals surface area contributed by atoms with E-state index in [2.05, 4.69) is 35.7 Å². The Bertz CT molecular complexity index is 1470. The Labute approximate surface area is 268 Å². The fourth-order valence-corrected chi connectivity index (χ4v) is 6.60. The quantitative estimate of drug-likeness (QED) is 0.323. The standard InChI is InChI=1S/C35H47N3O6S/c1-26-22-38(27(2)25-39)35(40)32-21-30(36-45(41,42)31-16-9-6-10-17-31)18-19-33(32)44-28(3)13-11-12-20-43-34(26)24-37(4)23-29-14-7-5-8-15-29/h5-10,14-19,21,26-28,34,36,39H,11-13,20,22-25H2,1-4H3/t26-,27-,28+,34-/m0/s1. The number of carbonyl (C=O) groups is 1. The molecular formula is C35H47N3O6S. The molecule has 1 heterocycles. The van der Waals surface area contributed by atoms with E-state index < -0.39 is 16.1 Å². The largest absolute Gasteiger partial charge is 0.490 e. The van der Waals surface area contributed by atoms with Gasteiger partial charge < -0.3 is 19.5 Å². The van der Waals surface area contributed by atoms with Crippen LogP contribution in [0.4, 0.5) is 5.69 Å². The van der Waals surface area contributed by atoms with Crippen LogP contribution in [0.2, 0.25) is 0 Å². The van der Waals surface area contributed by atoms with Crippen molar-refractivity contribution in [2.45, 2.75) is 69.7 Å². The van der Waals surface area contributed by atoms with Crippen LogP contribution >= 0.6 is 0 Å². The summed E-state index contributed by atoms with van der Waals surface area (Å²) in [5.41, 5.74) is 1.69. The van der Waals surface area contributed by atoms with Gasteiger partial charge in [-0.15, -0.1) is 0 Å². The zero-order chi connectivity index (χ0) is 32.4. The van der Waals surface area contributed by atoms with Gasteiger partial charge in [0.05, 0.1) is 35.3 Å². The fourth-order valence-electron chi connectivity index (χ4n) is 5.53. The molecule has 3 aromatic carbocycles. The van der Waals surface area contributed by atoms with Crippen LogP contribution in [0.3, 0.4) is 0 Å². The molecule has 4 rings (SSSR count). The number of carbonyl (C=O) groups excluding carboxylic acids is 1. The molecule has 3 aromatic rings. The summed E-state index contributed by atoms with van der Waals surface area (Å²) in [6, 6.07) is 22.6. The topological polar surface area (TPSA) is 108 Å². The van der Waals surface area contributed by atoms with Gasteiger partial charge in [0.15, 0.2) is 0 Å². The van der Waals surface area contributed by atoms with Gasteiger partial charge in [-0.25, -0.2) is 8.42 Å². The summed E-state index contributed by atoms with van der Waals surface area (Å²) in [4.78, 5) is 18.3. The second kappa shape index (κ2) is 16.2. The first kappa shape index (κ1) is 34.4. The van der Waals surface area contributed by atoms with E-state index in [-0.39, 0.29) is 46.8 Å². The lowest BCUT2D eigenvalue weighted by molar-refractivity contribution is -0.0177. The summed E-state index contributed by atoms with van der Waals surface area (Å²) in [5.74, 6) is -0.0302. The highest BCUT2D eigenvalue weighted by Gasteiger charge is 2.30. The van der Waals surface area contributed by atoms with Crippen molar-refractivity contribution < 1.29 is 27.8 Å². The van der Waals surface area contributed by atoms with Gasteiger partial charge in [-0.2, -0.15) is 0 Å². The number of nitrogens with zero attached hydrogens (tertiary/aromatic N) is 2. The smallest absolute Gasteiger partial charge is 0.261 e. The van der Waals surface area contributed by atoms with E-state index in [9.17, 15) is 18.3 Å². The number of hydrogen-bond donors (Lipinski definition) is 2. The van der Waals surface area contributed by atoms with Crippen LogP contribution in [-0.2, 0) is 21.3 Å². The first-order chi connectivity index (χ1) is 21.6. The molecule has 0 spiro atoms. The molecule has 45 heavy (non-hydrogen) atoms. The molecule has 0 aliphatic carbocycles. The number of amides is 1. The third-order valence-corrected chi connectivity index (χ3v) is 9.54. The van der Waals surface area contributed by atoms with Crippen molar-refractivity contribution in [2.24, 2.45) is 5.92 Å². The van der Waals surface area contributed by atoms with E-state index in [1.807, 2.05) is 25.1 Å². The Balaban J connectivity index is 1.64. The van der Waals surface area contributed by atoms with Crippen LogP contribution in [0.1, 0.15) is 56.0 Å². The van der Waals surface area contributed by atoms with Crippen molar-refractivity contribution >= 4 is 21.6 Å². The molecule has 1 amide bonds. The average molecular weight is 638 g/mol. The Kier molecular flexibility index (Phi) is 12.4. The van der Waals surface area contributed by atoms with E-state index >= 15 is 0 Å². The number of aliphatic hydroxyl groups excluding tert-OH is 1. The molecule has 0 unspecified atom stereocenters. The van der Waals surface area contributed by atoms with Gasteiger partial charge in [0.2, 0.25) is 0 Å². The molecule has 1 aliphatic heterocycles. The van der Waals surface area contributed by atoms with Crippen LogP contribution in [0.5, 0.6) is 5.75 Å². The van der Waals surface area contributed by atoms with Crippen molar-refractivity contribution in [3.05, 3.63) is 90.0 Å². The zero-order valence-corrected chi connectivity index (χ0v) is 27.6. The number of fused-ring (bicyclic) bond motifs is 1. The Morgan fingerprint density at radius 1 is 1.02 bits per heavy atom. The minimum atomic E-state index is -3.88. The van der Waals surface area contributed by atoms with Gasteiger partial charge in [0, 0.05) is 37.8 Å². The highest BCUT2D eigenvalue weighted by Crippen LogP contribution is 2.29. The second-order valence-electron chi connectivity index (χ2n) is 12.1. The maximum absolute atomic E-state index is 14.3. The number of likely N-dealkylation sites (N-methyl/N-ethyl adjacent to an activating group) is 1. The van der Waals surface area contributed by atoms with E-state index in [1.165, 1.54) is 23.8 Å². The number of ether oxygens (including phenoxy) is 2. The predicted molar refractivity (Wildman–Crippen MR) is 177 cm³/mol. The monoisotopic (exact) mass is 637 g/mol. The average Bonchev–Trinajstić information content (AvgIpc) is 3.03. The van der Waals surface area contributed by atoms with E-state index in [4.69, 9.17) is 9.47 Å². The van der Waals surface area contributed by atoms with Gasteiger partial charge in [-0.3, -0.25) is 14.4 Å². The van der Waals surface area contributed by atoms with Gasteiger partial charge in [-0.05, 0) is 76.1 Å². The summed E-state index contributed by atoms with van der Waals surface area (Å²) in [5, 5.41) is 10.2. The highest BCUT2D eigenvalue weighted by atomic mass is 32.2. The molecule has 4 atom stereocenters. The SMILES string of the molecule is C[C@@H]1CCCCO[C@@H](CN(C)Cc2ccccc2)[C@@H](C)CN([C@@H](C)CO)C(=O)c2cc(NS(=O)(=O)c3ccccc3)ccc2O1. The van der Waals surface area contributed by atoms with Crippen molar-refractivity contribution in [2.75, 3.05) is 38.1 Å². The van der Waals surface area contributed by atoms with Crippen LogP contribution in [0, 0.1) is 5.92 Å². The summed E-state index contributed by atoms with van der Waals surface area (Å²) >= 11 is 0. The van der Waals surface area contributed by atoms with Gasteiger partial charge >= 0.3 is 0 Å². The summed E-state index contributed by atoms with van der Waals surface area (Å²) in [7, 11) is -1.81. The molecule has 0 saturated heterocycles. The molecule has 0 fully saturated rings. The molecule has 244 valence electrons. The minimum absolute atomic E-state index is 0.0628. The highest BCUT2D eigenvalue weighted by molar-refractivity contribution is 7.92. The number of hydrogen-bond acceptors (Lipinski definition) is 7. The molecule has 10 heteroatoms. The maximum Gasteiger partial charge on any atom is 0.261 e. The predicted octanol–water partition coefficient (Wildman–Crippen LogP) is 5.41. The molecule has 0 bridgehead atoms. The van der Waals surface area contributed by atoms with Crippen molar-refractivity contribution in [1.29, 1.82) is 0 Å². The lowest BCUT2D eigenvalue weighted by atomic mass is 10.0. The second-order valence-corrected chi connectivity index (χ2v) is 13.8. The number of rotatable bonds is 9. The Morgan fingerprint density at radius 3 is 2.40 bits per heavy atom. The number of anilines is 1. The van der Waals surface area contributed by atoms with E-state index in [1.54, 1.807) is 42.2 Å². The number of aliphatic hydroxyl groups is 1.